The summed E-state index contributed by atoms with van der Waals surface area (Å²) >= 11 is 0. The second kappa shape index (κ2) is 20.9. The first kappa shape index (κ1) is 45.5. The third-order valence-electron chi connectivity index (χ3n) is 15.6. The smallest absolute Gasteiger partial charge is 0.250 e. The fraction of sp³-hybridized carbons (Fsp3) is 0.491. The number of nitrogens with zero attached hydrogens (tertiary/aromatic N) is 6. The molecule has 4 aromatic rings. The number of nitrogens with one attached hydrogen (secondary N) is 1. The molecule has 6 aliphatic rings. The molecule has 0 radical (unpaired) electrons. The van der Waals surface area contributed by atoms with E-state index in [0.29, 0.717) is 25.2 Å². The maximum atomic E-state index is 13.7. The van der Waals surface area contributed by atoms with Gasteiger partial charge in [-0.25, -0.2) is 0 Å². The Balaban J connectivity index is 0.000000166. The van der Waals surface area contributed by atoms with Gasteiger partial charge in [-0.2, -0.15) is 0 Å². The number of hydrogen-bond acceptors (Lipinski definition) is 7. The van der Waals surface area contributed by atoms with Gasteiger partial charge in [0.25, 0.3) is 0 Å². The summed E-state index contributed by atoms with van der Waals surface area (Å²) in [5, 5.41) is 3.38. The molecule has 10 rings (SSSR count). The molecule has 11 nitrogen and oxygen atoms in total. The quantitative estimate of drug-likeness (QED) is 0.178. The number of carbonyl (C=O) groups is 4. The fourth-order valence-electron chi connectivity index (χ4n) is 11.8. The van der Waals surface area contributed by atoms with Gasteiger partial charge in [0.15, 0.2) is 0 Å². The van der Waals surface area contributed by atoms with Crippen molar-refractivity contribution >= 4 is 35.0 Å². The van der Waals surface area contributed by atoms with Crippen LogP contribution in [0.2, 0.25) is 0 Å². The number of hydrogen-bond donors (Lipinski definition) is 1. The van der Waals surface area contributed by atoms with Crippen molar-refractivity contribution in [2.75, 3.05) is 75.5 Å². The van der Waals surface area contributed by atoms with Gasteiger partial charge in [0.2, 0.25) is 23.6 Å². The summed E-state index contributed by atoms with van der Waals surface area (Å²) in [5.41, 5.74) is 3.90. The second-order valence-electron chi connectivity index (χ2n) is 19.7. The monoisotopic (exact) mass is 892 g/mol. The predicted molar refractivity (Wildman–Crippen MR) is 261 cm³/mol. The topological polar surface area (TPSA) is 99.7 Å². The highest BCUT2D eigenvalue weighted by Gasteiger charge is 2.54. The van der Waals surface area contributed by atoms with Crippen LogP contribution in [0.3, 0.4) is 0 Å². The van der Waals surface area contributed by atoms with Crippen molar-refractivity contribution in [3.05, 3.63) is 132 Å². The van der Waals surface area contributed by atoms with Crippen LogP contribution in [0, 0.1) is 11.8 Å². The Kier molecular flexibility index (Phi) is 14.4. The Hall–Kier alpha value is -5.68. The summed E-state index contributed by atoms with van der Waals surface area (Å²) in [6.45, 7) is 6.20. The normalized spacial score (nSPS) is 21.1. The van der Waals surface area contributed by atoms with E-state index in [-0.39, 0.29) is 36.7 Å². The maximum Gasteiger partial charge on any atom is 0.250 e. The molecule has 5 saturated heterocycles. The maximum absolute atomic E-state index is 13.7. The third kappa shape index (κ3) is 10.0. The lowest BCUT2D eigenvalue weighted by Crippen LogP contribution is -2.56. The van der Waals surface area contributed by atoms with Crippen LogP contribution >= 0.6 is 0 Å². The summed E-state index contributed by atoms with van der Waals surface area (Å²) in [5.74, 6) is 1.70. The Labute approximate surface area is 392 Å². The number of rotatable bonds is 10. The van der Waals surface area contributed by atoms with Gasteiger partial charge in [-0.1, -0.05) is 116 Å². The average Bonchev–Trinajstić information content (AvgIpc) is 3.77. The van der Waals surface area contributed by atoms with Crippen molar-refractivity contribution in [2.24, 2.45) is 11.8 Å². The Morgan fingerprint density at radius 3 is 1.24 bits per heavy atom. The summed E-state index contributed by atoms with van der Waals surface area (Å²) < 4.78 is 0. The molecule has 2 spiro atoms. The van der Waals surface area contributed by atoms with Crippen molar-refractivity contribution < 1.29 is 19.2 Å². The van der Waals surface area contributed by atoms with E-state index < -0.39 is 11.1 Å². The SMILES string of the molecule is O=C(CN1CN(c2ccccc2)C2(CCCCC2)C1=O)N1CCC(Cc2ccccc2)CC1.O=C(CN1CN(c2ccccc2)C2(CCNCC2)C1=O)N1CCC(Cc2ccccc2)CC1. The molecule has 5 heterocycles. The molecular formula is C55H69N7O4. The zero-order valence-corrected chi connectivity index (χ0v) is 38.8. The molecule has 0 atom stereocenters. The number of carbonyl (C=O) groups excluding carboxylic acids is 4. The number of benzene rings is 4. The molecule has 348 valence electrons. The van der Waals surface area contributed by atoms with E-state index in [1.54, 1.807) is 4.90 Å². The molecule has 6 fully saturated rings. The van der Waals surface area contributed by atoms with Gasteiger partial charge in [-0.3, -0.25) is 19.2 Å². The highest BCUT2D eigenvalue weighted by atomic mass is 16.2. The van der Waals surface area contributed by atoms with E-state index in [1.165, 1.54) is 17.5 Å². The summed E-state index contributed by atoms with van der Waals surface area (Å²) in [7, 11) is 0. The van der Waals surface area contributed by atoms with E-state index in [1.807, 2.05) is 51.1 Å². The Morgan fingerprint density at radius 2 is 0.848 bits per heavy atom. The van der Waals surface area contributed by atoms with Crippen LogP contribution in [0.25, 0.3) is 0 Å². The molecule has 0 unspecified atom stereocenters. The number of para-hydroxylation sites is 2. The average molecular weight is 892 g/mol. The zero-order valence-electron chi connectivity index (χ0n) is 38.8. The minimum Gasteiger partial charge on any atom is -0.341 e. The van der Waals surface area contributed by atoms with Crippen LogP contribution < -0.4 is 15.1 Å². The number of amides is 4. The largest absolute Gasteiger partial charge is 0.341 e. The van der Waals surface area contributed by atoms with Gasteiger partial charge < -0.3 is 34.7 Å². The van der Waals surface area contributed by atoms with Gasteiger partial charge in [0, 0.05) is 37.6 Å². The summed E-state index contributed by atoms with van der Waals surface area (Å²) in [4.78, 5) is 65.7. The Morgan fingerprint density at radius 1 is 0.485 bits per heavy atom. The molecule has 0 aromatic heterocycles. The van der Waals surface area contributed by atoms with E-state index >= 15 is 0 Å². The van der Waals surface area contributed by atoms with Crippen LogP contribution in [-0.4, -0.2) is 120 Å². The van der Waals surface area contributed by atoms with Crippen molar-refractivity contribution in [1.29, 1.82) is 0 Å². The minimum atomic E-state index is -0.532. The number of anilines is 2. The summed E-state index contributed by atoms with van der Waals surface area (Å²) in [6, 6.07) is 41.7. The lowest BCUT2D eigenvalue weighted by Gasteiger charge is -2.40. The first-order valence-corrected chi connectivity index (χ1v) is 24.9. The van der Waals surface area contributed by atoms with E-state index in [0.717, 1.165) is 128 Å². The van der Waals surface area contributed by atoms with Crippen LogP contribution in [0.4, 0.5) is 11.4 Å². The van der Waals surface area contributed by atoms with Gasteiger partial charge in [0.05, 0.1) is 13.3 Å². The molecule has 0 bridgehead atoms. The van der Waals surface area contributed by atoms with E-state index in [4.69, 9.17) is 0 Å². The highest BCUT2D eigenvalue weighted by Crippen LogP contribution is 2.42. The van der Waals surface area contributed by atoms with Crippen molar-refractivity contribution in [2.45, 2.75) is 94.5 Å². The number of piperidine rings is 3. The van der Waals surface area contributed by atoms with Gasteiger partial charge >= 0.3 is 0 Å². The van der Waals surface area contributed by atoms with Gasteiger partial charge in [0.1, 0.15) is 24.2 Å². The minimum absolute atomic E-state index is 0.0838. The van der Waals surface area contributed by atoms with Crippen LogP contribution in [0.1, 0.15) is 81.8 Å². The molecular weight excluding hydrogens is 823 g/mol. The molecule has 66 heavy (non-hydrogen) atoms. The fourth-order valence-corrected chi connectivity index (χ4v) is 11.8. The third-order valence-corrected chi connectivity index (χ3v) is 15.6. The standard InChI is InChI=1S/C28H35N3O2.C27H34N4O2/c32-26(29-18-14-24(15-19-29)20-23-10-4-1-5-11-23)21-30-22-31(25-12-6-2-7-13-25)28(27(30)33)16-8-3-9-17-28;32-25(29-17-11-23(12-18-29)19-22-7-3-1-4-8-22)20-30-21-31(24-9-5-2-6-10-24)27(26(30)33)13-15-28-16-14-27/h1-2,4-7,10-13,24H,3,8-9,14-22H2;1-10,23,28H,11-21H2. The van der Waals surface area contributed by atoms with Crippen molar-refractivity contribution in [3.8, 4) is 0 Å². The van der Waals surface area contributed by atoms with E-state index in [9.17, 15) is 19.2 Å². The molecule has 11 heteroatoms. The molecule has 1 saturated carbocycles. The molecule has 4 amide bonds. The van der Waals surface area contributed by atoms with Crippen LogP contribution in [0.5, 0.6) is 0 Å². The molecule has 4 aromatic carbocycles. The molecule has 1 N–H and O–H groups in total. The lowest BCUT2D eigenvalue weighted by molar-refractivity contribution is -0.141. The van der Waals surface area contributed by atoms with Crippen molar-refractivity contribution in [3.63, 3.8) is 0 Å². The van der Waals surface area contributed by atoms with E-state index in [2.05, 4.69) is 100 Å². The highest BCUT2D eigenvalue weighted by molar-refractivity contribution is 5.97. The first-order chi connectivity index (χ1) is 32.3. The van der Waals surface area contributed by atoms with Crippen LogP contribution in [0.15, 0.2) is 121 Å². The Bertz CT molecular complexity index is 2060. The van der Waals surface area contributed by atoms with Gasteiger partial charge in [-0.05, 0) is 125 Å². The lowest BCUT2D eigenvalue weighted by atomic mass is 9.80. The summed E-state index contributed by atoms with van der Waals surface area (Å²) in [6.07, 6.45) is 13.0. The number of likely N-dealkylation sites (tertiary alicyclic amines) is 2. The second-order valence-corrected chi connectivity index (χ2v) is 19.7. The zero-order chi connectivity index (χ0) is 45.4. The first-order valence-electron chi connectivity index (χ1n) is 24.9. The molecule has 5 aliphatic heterocycles. The van der Waals surface area contributed by atoms with Crippen LogP contribution in [-0.2, 0) is 32.0 Å². The predicted octanol–water partition coefficient (Wildman–Crippen LogP) is 7.37. The van der Waals surface area contributed by atoms with Crippen molar-refractivity contribution in [1.82, 2.24) is 24.9 Å². The molecule has 1 aliphatic carbocycles. The van der Waals surface area contributed by atoms with Gasteiger partial charge in [-0.15, -0.1) is 0 Å².